The molecule has 2 aromatic carbocycles. The van der Waals surface area contributed by atoms with E-state index in [4.69, 9.17) is 5.11 Å². The van der Waals surface area contributed by atoms with Crippen LogP contribution in [0.4, 0.5) is 0 Å². The molecule has 0 radical (unpaired) electrons. The van der Waals surface area contributed by atoms with Crippen molar-refractivity contribution in [3.63, 3.8) is 0 Å². The molecule has 0 heterocycles. The zero-order valence-corrected chi connectivity index (χ0v) is 11.3. The summed E-state index contributed by atoms with van der Waals surface area (Å²) in [4.78, 5) is 22.4. The Morgan fingerprint density at radius 1 is 1.15 bits per heavy atom. The van der Waals surface area contributed by atoms with Crippen LogP contribution in [0.25, 0.3) is 11.1 Å². The van der Waals surface area contributed by atoms with Gasteiger partial charge in [0.05, 0.1) is 5.56 Å². The van der Waals surface area contributed by atoms with Crippen LogP contribution in [-0.4, -0.2) is 17.4 Å². The Morgan fingerprint density at radius 2 is 1.85 bits per heavy atom. The topological polar surface area (TPSA) is 54.4 Å². The maximum atomic E-state index is 11.2. The summed E-state index contributed by atoms with van der Waals surface area (Å²) in [5.74, 6) is -1.09. The summed E-state index contributed by atoms with van der Waals surface area (Å²) in [6.45, 7) is 2.12. The van der Waals surface area contributed by atoms with Gasteiger partial charge in [-0.15, -0.1) is 0 Å². The van der Waals surface area contributed by atoms with Crippen LogP contribution < -0.4 is 0 Å². The number of carbonyl (C=O) groups excluding carboxylic acids is 1. The van der Waals surface area contributed by atoms with E-state index >= 15 is 0 Å². The van der Waals surface area contributed by atoms with E-state index in [2.05, 4.69) is 6.92 Å². The summed E-state index contributed by atoms with van der Waals surface area (Å²) in [6, 6.07) is 12.8. The maximum Gasteiger partial charge on any atom is 0.336 e. The molecule has 1 N–H and O–H groups in total. The van der Waals surface area contributed by atoms with E-state index in [1.165, 1.54) is 11.6 Å². The first kappa shape index (κ1) is 14.0. The van der Waals surface area contributed by atoms with Crippen LogP contribution in [0, 0.1) is 0 Å². The summed E-state index contributed by atoms with van der Waals surface area (Å²) < 4.78 is 0. The molecule has 0 aliphatic heterocycles. The Hall–Kier alpha value is -2.42. The van der Waals surface area contributed by atoms with Crippen molar-refractivity contribution in [3.05, 3.63) is 59.2 Å². The average Bonchev–Trinajstić information content (AvgIpc) is 2.47. The quantitative estimate of drug-likeness (QED) is 0.839. The van der Waals surface area contributed by atoms with E-state index in [1.807, 2.05) is 24.3 Å². The molecule has 3 nitrogen and oxygen atoms in total. The first-order valence-electron chi connectivity index (χ1n) is 6.58. The van der Waals surface area contributed by atoms with Crippen LogP contribution in [0.15, 0.2) is 42.5 Å². The molecular weight excluding hydrogens is 252 g/mol. The highest BCUT2D eigenvalue weighted by Gasteiger charge is 2.14. The number of carboxylic acid groups (broad SMARTS) is 1. The molecular formula is C17H16O3. The second kappa shape index (κ2) is 6.15. The van der Waals surface area contributed by atoms with Gasteiger partial charge < -0.3 is 5.11 Å². The van der Waals surface area contributed by atoms with Gasteiger partial charge in [-0.1, -0.05) is 49.7 Å². The minimum absolute atomic E-state index is 0.0372. The third-order valence-electron chi connectivity index (χ3n) is 3.26. The van der Waals surface area contributed by atoms with Gasteiger partial charge in [-0.25, -0.2) is 4.79 Å². The number of hydrogen-bond acceptors (Lipinski definition) is 2. The molecule has 102 valence electrons. The molecule has 0 bridgehead atoms. The molecule has 0 aliphatic rings. The van der Waals surface area contributed by atoms with Gasteiger partial charge in [0.15, 0.2) is 6.29 Å². The second-order valence-corrected chi connectivity index (χ2v) is 4.64. The summed E-state index contributed by atoms with van der Waals surface area (Å²) in [5, 5.41) is 9.12. The number of aldehydes is 1. The lowest BCUT2D eigenvalue weighted by molar-refractivity contribution is 0.0694. The van der Waals surface area contributed by atoms with Crippen molar-refractivity contribution in [2.75, 3.05) is 0 Å². The number of carbonyl (C=O) groups is 2. The Morgan fingerprint density at radius 3 is 2.40 bits per heavy atom. The third-order valence-corrected chi connectivity index (χ3v) is 3.26. The van der Waals surface area contributed by atoms with Crippen molar-refractivity contribution in [2.24, 2.45) is 0 Å². The fourth-order valence-corrected chi connectivity index (χ4v) is 2.27. The molecule has 3 heteroatoms. The van der Waals surface area contributed by atoms with Gasteiger partial charge in [0, 0.05) is 5.56 Å². The van der Waals surface area contributed by atoms with Gasteiger partial charge in [-0.3, -0.25) is 4.79 Å². The van der Waals surface area contributed by atoms with Gasteiger partial charge in [-0.05, 0) is 29.2 Å². The Kier molecular flexibility index (Phi) is 4.31. The van der Waals surface area contributed by atoms with E-state index in [-0.39, 0.29) is 11.1 Å². The molecule has 2 rings (SSSR count). The zero-order chi connectivity index (χ0) is 14.5. The first-order valence-corrected chi connectivity index (χ1v) is 6.58. The van der Waals surface area contributed by atoms with Gasteiger partial charge >= 0.3 is 5.97 Å². The Balaban J connectivity index is 2.49. The molecule has 0 aliphatic carbocycles. The Labute approximate surface area is 117 Å². The fraction of sp³-hybridized carbons (Fsp3) is 0.176. The van der Waals surface area contributed by atoms with Gasteiger partial charge in [0.1, 0.15) is 0 Å². The number of hydrogen-bond donors (Lipinski definition) is 1. The van der Waals surface area contributed by atoms with E-state index in [0.717, 1.165) is 18.4 Å². The van der Waals surface area contributed by atoms with E-state index in [1.54, 1.807) is 12.1 Å². The summed E-state index contributed by atoms with van der Waals surface area (Å²) >= 11 is 0. The largest absolute Gasteiger partial charge is 0.478 e. The summed E-state index contributed by atoms with van der Waals surface area (Å²) in [6.07, 6.45) is 2.70. The SMILES string of the molecule is CCCc1ccc(-c2cccc(C(=O)O)c2C=O)cc1. The van der Waals surface area contributed by atoms with Crippen LogP contribution in [0.2, 0.25) is 0 Å². The molecule has 0 fully saturated rings. The number of carboxylic acids is 1. The van der Waals surface area contributed by atoms with E-state index in [9.17, 15) is 9.59 Å². The zero-order valence-electron chi connectivity index (χ0n) is 11.3. The molecule has 2 aromatic rings. The maximum absolute atomic E-state index is 11.2. The van der Waals surface area contributed by atoms with Crippen LogP contribution in [-0.2, 0) is 6.42 Å². The molecule has 0 unspecified atom stereocenters. The number of aryl methyl sites for hydroxylation is 1. The Bertz CT molecular complexity index is 627. The molecule has 0 atom stereocenters. The van der Waals surface area contributed by atoms with Crippen molar-refractivity contribution in [1.29, 1.82) is 0 Å². The number of benzene rings is 2. The molecule has 0 saturated carbocycles. The highest BCUT2D eigenvalue weighted by atomic mass is 16.4. The standard InChI is InChI=1S/C17H16O3/c1-2-4-12-7-9-13(10-8-12)14-5-3-6-15(17(19)20)16(14)11-18/h3,5-11H,2,4H2,1H3,(H,19,20). The van der Waals surface area contributed by atoms with Crippen LogP contribution >= 0.6 is 0 Å². The van der Waals surface area contributed by atoms with Crippen molar-refractivity contribution in [3.8, 4) is 11.1 Å². The predicted molar refractivity (Wildman–Crippen MR) is 78.2 cm³/mol. The monoisotopic (exact) mass is 268 g/mol. The fourth-order valence-electron chi connectivity index (χ4n) is 2.27. The lowest BCUT2D eigenvalue weighted by atomic mass is 9.95. The van der Waals surface area contributed by atoms with Crippen molar-refractivity contribution < 1.29 is 14.7 Å². The molecule has 0 saturated heterocycles. The normalized spacial score (nSPS) is 10.2. The highest BCUT2D eigenvalue weighted by Crippen LogP contribution is 2.26. The van der Waals surface area contributed by atoms with E-state index in [0.29, 0.717) is 11.8 Å². The van der Waals surface area contributed by atoms with E-state index < -0.39 is 5.97 Å². The smallest absolute Gasteiger partial charge is 0.336 e. The number of rotatable bonds is 5. The minimum Gasteiger partial charge on any atom is -0.478 e. The van der Waals surface area contributed by atoms with Crippen molar-refractivity contribution >= 4 is 12.3 Å². The van der Waals surface area contributed by atoms with Gasteiger partial charge in [0.2, 0.25) is 0 Å². The summed E-state index contributed by atoms with van der Waals surface area (Å²) in [7, 11) is 0. The van der Waals surface area contributed by atoms with Crippen molar-refractivity contribution in [1.82, 2.24) is 0 Å². The molecule has 20 heavy (non-hydrogen) atoms. The van der Waals surface area contributed by atoms with Gasteiger partial charge in [-0.2, -0.15) is 0 Å². The second-order valence-electron chi connectivity index (χ2n) is 4.64. The molecule has 0 aromatic heterocycles. The lowest BCUT2D eigenvalue weighted by Gasteiger charge is -2.08. The average molecular weight is 268 g/mol. The van der Waals surface area contributed by atoms with Gasteiger partial charge in [0.25, 0.3) is 0 Å². The first-order chi connectivity index (χ1) is 9.67. The van der Waals surface area contributed by atoms with Crippen LogP contribution in [0.5, 0.6) is 0 Å². The molecule has 0 spiro atoms. The summed E-state index contributed by atoms with van der Waals surface area (Å²) in [5.41, 5.74) is 3.01. The van der Waals surface area contributed by atoms with Crippen LogP contribution in [0.1, 0.15) is 39.6 Å². The highest BCUT2D eigenvalue weighted by molar-refractivity contribution is 6.02. The molecule has 0 amide bonds. The minimum atomic E-state index is -1.09. The van der Waals surface area contributed by atoms with Crippen molar-refractivity contribution in [2.45, 2.75) is 19.8 Å². The predicted octanol–water partition coefficient (Wildman–Crippen LogP) is 3.82. The third kappa shape index (κ3) is 2.77. The van der Waals surface area contributed by atoms with Crippen LogP contribution in [0.3, 0.4) is 0 Å². The number of aromatic carboxylic acids is 1. The lowest BCUT2D eigenvalue weighted by Crippen LogP contribution is -2.03.